The quantitative estimate of drug-likeness (QED) is 0.871. The van der Waals surface area contributed by atoms with Gasteiger partial charge in [-0.1, -0.05) is 0 Å². The zero-order chi connectivity index (χ0) is 14.5. The third-order valence-corrected chi connectivity index (χ3v) is 4.03. The van der Waals surface area contributed by atoms with Crippen LogP contribution >= 0.6 is 0 Å². The predicted molar refractivity (Wildman–Crippen MR) is 80.4 cm³/mol. The summed E-state index contributed by atoms with van der Waals surface area (Å²) in [6.45, 7) is 7.09. The smallest absolute Gasteiger partial charge is 0.130 e. The molecule has 21 heavy (non-hydrogen) atoms. The number of ether oxygens (including phenoxy) is 2. The third-order valence-electron chi connectivity index (χ3n) is 4.03. The lowest BCUT2D eigenvalue weighted by Gasteiger charge is -2.24. The maximum Gasteiger partial charge on any atom is 0.130 e. The van der Waals surface area contributed by atoms with Crippen LogP contribution in [0.5, 0.6) is 0 Å². The number of hydrogen-bond donors (Lipinski definition) is 2. The summed E-state index contributed by atoms with van der Waals surface area (Å²) in [5.41, 5.74) is 0.962. The molecule has 0 spiro atoms. The van der Waals surface area contributed by atoms with E-state index in [2.05, 4.69) is 20.6 Å². The molecular weight excluding hydrogens is 268 g/mol. The van der Waals surface area contributed by atoms with Crippen molar-refractivity contribution in [3.63, 3.8) is 0 Å². The Balaban J connectivity index is 1.62. The van der Waals surface area contributed by atoms with Crippen molar-refractivity contribution in [2.24, 2.45) is 5.92 Å². The summed E-state index contributed by atoms with van der Waals surface area (Å²) in [6, 6.07) is 2.02. The van der Waals surface area contributed by atoms with Gasteiger partial charge >= 0.3 is 0 Å². The van der Waals surface area contributed by atoms with Gasteiger partial charge in [-0.05, 0) is 25.7 Å². The second kappa shape index (κ2) is 7.15. The van der Waals surface area contributed by atoms with Gasteiger partial charge in [0, 0.05) is 38.9 Å². The summed E-state index contributed by atoms with van der Waals surface area (Å²) in [4.78, 5) is 9.00. The minimum absolute atomic E-state index is 0.0316. The first-order valence-corrected chi connectivity index (χ1v) is 7.81. The Bertz CT molecular complexity index is 457. The second-order valence-corrected chi connectivity index (χ2v) is 5.73. The average molecular weight is 292 g/mol. The molecule has 0 bridgehead atoms. The highest BCUT2D eigenvalue weighted by molar-refractivity contribution is 5.37. The fraction of sp³-hybridized carbons (Fsp3) is 0.733. The number of aryl methyl sites for hydroxylation is 1. The van der Waals surface area contributed by atoms with E-state index in [0.717, 1.165) is 69.6 Å². The Hall–Kier alpha value is -1.24. The Labute approximate surface area is 125 Å². The van der Waals surface area contributed by atoms with Crippen LogP contribution in [-0.2, 0) is 9.47 Å². The number of aromatic nitrogens is 2. The summed E-state index contributed by atoms with van der Waals surface area (Å²) in [6.07, 6.45) is 2.28. The molecule has 3 rings (SSSR count). The number of morpholine rings is 1. The van der Waals surface area contributed by atoms with Gasteiger partial charge in [-0.2, -0.15) is 0 Å². The van der Waals surface area contributed by atoms with E-state index in [1.807, 2.05) is 13.0 Å². The van der Waals surface area contributed by atoms with E-state index in [1.54, 1.807) is 0 Å². The molecule has 2 aliphatic heterocycles. The lowest BCUT2D eigenvalue weighted by Crippen LogP contribution is -2.34. The maximum atomic E-state index is 5.77. The zero-order valence-electron chi connectivity index (χ0n) is 12.6. The summed E-state index contributed by atoms with van der Waals surface area (Å²) >= 11 is 0. The zero-order valence-corrected chi connectivity index (χ0v) is 12.6. The van der Waals surface area contributed by atoms with E-state index in [9.17, 15) is 0 Å². The summed E-state index contributed by atoms with van der Waals surface area (Å²) in [7, 11) is 0. The normalized spacial score (nSPS) is 24.0. The molecule has 0 saturated carbocycles. The van der Waals surface area contributed by atoms with E-state index >= 15 is 0 Å². The minimum Gasteiger partial charge on any atom is -0.381 e. The second-order valence-electron chi connectivity index (χ2n) is 5.73. The van der Waals surface area contributed by atoms with E-state index in [4.69, 9.17) is 9.47 Å². The van der Waals surface area contributed by atoms with Gasteiger partial charge in [0.25, 0.3) is 0 Å². The summed E-state index contributed by atoms with van der Waals surface area (Å²) < 4.78 is 11.2. The third kappa shape index (κ3) is 4.12. The van der Waals surface area contributed by atoms with Crippen molar-refractivity contribution >= 4 is 5.82 Å². The Morgan fingerprint density at radius 3 is 2.90 bits per heavy atom. The maximum absolute atomic E-state index is 5.77. The van der Waals surface area contributed by atoms with E-state index < -0.39 is 0 Å². The van der Waals surface area contributed by atoms with Crippen molar-refractivity contribution in [3.05, 3.63) is 17.6 Å². The highest BCUT2D eigenvalue weighted by Gasteiger charge is 2.19. The largest absolute Gasteiger partial charge is 0.381 e. The molecule has 0 radical (unpaired) electrons. The van der Waals surface area contributed by atoms with Crippen molar-refractivity contribution in [2.45, 2.75) is 25.9 Å². The van der Waals surface area contributed by atoms with Gasteiger partial charge < -0.3 is 20.1 Å². The molecule has 2 N–H and O–H groups in total. The van der Waals surface area contributed by atoms with Crippen LogP contribution in [0.4, 0.5) is 5.82 Å². The fourth-order valence-corrected chi connectivity index (χ4v) is 2.80. The molecule has 2 aliphatic rings. The van der Waals surface area contributed by atoms with Crippen LogP contribution in [-0.4, -0.2) is 49.4 Å². The number of nitrogens with zero attached hydrogens (tertiary/aromatic N) is 2. The minimum atomic E-state index is 0.0316. The van der Waals surface area contributed by atoms with Gasteiger partial charge in [0.1, 0.15) is 17.7 Å². The first-order chi connectivity index (χ1) is 10.3. The standard InChI is InChI=1S/C15H24N4O2/c1-11-18-13(14-10-16-4-7-21-14)8-15(19-11)17-9-12-2-5-20-6-3-12/h8,12,14,16H,2-7,9-10H2,1H3,(H,17,18,19)/t14-/m0/s1. The molecule has 1 atom stereocenters. The molecule has 0 aliphatic carbocycles. The van der Waals surface area contributed by atoms with Crippen molar-refractivity contribution < 1.29 is 9.47 Å². The Morgan fingerprint density at radius 2 is 2.14 bits per heavy atom. The molecule has 116 valence electrons. The van der Waals surface area contributed by atoms with Crippen LogP contribution < -0.4 is 10.6 Å². The molecule has 1 aromatic rings. The predicted octanol–water partition coefficient (Wildman–Crippen LogP) is 1.28. The van der Waals surface area contributed by atoms with Gasteiger partial charge in [-0.15, -0.1) is 0 Å². The molecule has 2 fully saturated rings. The monoisotopic (exact) mass is 292 g/mol. The van der Waals surface area contributed by atoms with Gasteiger partial charge in [0.05, 0.1) is 12.3 Å². The first kappa shape index (κ1) is 14.7. The number of nitrogens with one attached hydrogen (secondary N) is 2. The Morgan fingerprint density at radius 1 is 1.29 bits per heavy atom. The molecule has 0 amide bonds. The van der Waals surface area contributed by atoms with Crippen LogP contribution in [0.25, 0.3) is 0 Å². The topological polar surface area (TPSA) is 68.3 Å². The number of hydrogen-bond acceptors (Lipinski definition) is 6. The fourth-order valence-electron chi connectivity index (χ4n) is 2.80. The molecule has 6 nitrogen and oxygen atoms in total. The number of rotatable bonds is 4. The molecule has 1 aromatic heterocycles. The molecule has 2 saturated heterocycles. The van der Waals surface area contributed by atoms with Crippen molar-refractivity contribution in [3.8, 4) is 0 Å². The molecule has 3 heterocycles. The van der Waals surface area contributed by atoms with E-state index in [0.29, 0.717) is 5.92 Å². The SMILES string of the molecule is Cc1nc(NCC2CCOCC2)cc([C@@H]2CNCCO2)n1. The van der Waals surface area contributed by atoms with Crippen LogP contribution in [0, 0.1) is 12.8 Å². The molecule has 6 heteroatoms. The van der Waals surface area contributed by atoms with Crippen LogP contribution in [0.3, 0.4) is 0 Å². The van der Waals surface area contributed by atoms with Crippen molar-refractivity contribution in [1.29, 1.82) is 0 Å². The van der Waals surface area contributed by atoms with E-state index in [-0.39, 0.29) is 6.10 Å². The van der Waals surface area contributed by atoms with Gasteiger partial charge in [0.2, 0.25) is 0 Å². The lowest BCUT2D eigenvalue weighted by atomic mass is 10.0. The number of anilines is 1. The highest BCUT2D eigenvalue weighted by atomic mass is 16.5. The summed E-state index contributed by atoms with van der Waals surface area (Å²) in [5.74, 6) is 2.36. The van der Waals surface area contributed by atoms with Gasteiger partial charge in [-0.25, -0.2) is 9.97 Å². The Kier molecular flexibility index (Phi) is 5.00. The molecular formula is C15H24N4O2. The highest BCUT2D eigenvalue weighted by Crippen LogP contribution is 2.20. The van der Waals surface area contributed by atoms with Crippen LogP contribution in [0.2, 0.25) is 0 Å². The molecule has 0 aromatic carbocycles. The average Bonchev–Trinajstić information content (AvgIpc) is 2.54. The van der Waals surface area contributed by atoms with Crippen molar-refractivity contribution in [1.82, 2.24) is 15.3 Å². The lowest BCUT2D eigenvalue weighted by molar-refractivity contribution is 0.0249. The van der Waals surface area contributed by atoms with Gasteiger partial charge in [0.15, 0.2) is 0 Å². The summed E-state index contributed by atoms with van der Waals surface area (Å²) in [5, 5.41) is 6.79. The first-order valence-electron chi connectivity index (χ1n) is 7.81. The van der Waals surface area contributed by atoms with Gasteiger partial charge in [-0.3, -0.25) is 0 Å². The van der Waals surface area contributed by atoms with Crippen molar-refractivity contribution in [2.75, 3.05) is 44.8 Å². The molecule has 0 unspecified atom stereocenters. The van der Waals surface area contributed by atoms with Crippen LogP contribution in [0.15, 0.2) is 6.07 Å². The van der Waals surface area contributed by atoms with E-state index in [1.165, 1.54) is 0 Å². The van der Waals surface area contributed by atoms with Crippen LogP contribution in [0.1, 0.15) is 30.5 Å².